The molecule has 0 aliphatic carbocycles. The molecule has 1 saturated heterocycles. The van der Waals surface area contributed by atoms with Crippen LogP contribution in [-0.4, -0.2) is 33.1 Å². The highest BCUT2D eigenvalue weighted by Gasteiger charge is 2.22. The maximum atomic E-state index is 4.34. The molecule has 22 heavy (non-hydrogen) atoms. The third-order valence-corrected chi connectivity index (χ3v) is 4.88. The van der Waals surface area contributed by atoms with Crippen LogP contribution in [0, 0.1) is 0 Å². The molecule has 0 amide bonds. The Morgan fingerprint density at radius 2 is 1.91 bits per heavy atom. The SMILES string of the molecule is c1cc(N2CCC(n3cc(-c4ccsc4)nn3)CC2)ccn1. The van der Waals surface area contributed by atoms with Crippen molar-refractivity contribution in [2.75, 3.05) is 18.0 Å². The van der Waals surface area contributed by atoms with Gasteiger partial charge in [0.25, 0.3) is 0 Å². The summed E-state index contributed by atoms with van der Waals surface area (Å²) in [5, 5.41) is 12.8. The monoisotopic (exact) mass is 311 g/mol. The maximum absolute atomic E-state index is 4.34. The lowest BCUT2D eigenvalue weighted by Crippen LogP contribution is -2.34. The molecule has 0 saturated carbocycles. The van der Waals surface area contributed by atoms with E-state index in [1.807, 2.05) is 17.1 Å². The summed E-state index contributed by atoms with van der Waals surface area (Å²) in [4.78, 5) is 6.49. The molecule has 6 heteroatoms. The van der Waals surface area contributed by atoms with Crippen molar-refractivity contribution in [2.45, 2.75) is 18.9 Å². The fourth-order valence-electron chi connectivity index (χ4n) is 2.94. The van der Waals surface area contributed by atoms with Crippen LogP contribution in [0.4, 0.5) is 5.69 Å². The van der Waals surface area contributed by atoms with Gasteiger partial charge in [-0.25, -0.2) is 4.68 Å². The number of hydrogen-bond acceptors (Lipinski definition) is 5. The Bertz CT molecular complexity index is 714. The van der Waals surface area contributed by atoms with E-state index in [1.165, 1.54) is 5.69 Å². The minimum absolute atomic E-state index is 0.443. The quantitative estimate of drug-likeness (QED) is 0.745. The van der Waals surface area contributed by atoms with Crippen molar-refractivity contribution >= 4 is 17.0 Å². The van der Waals surface area contributed by atoms with Gasteiger partial charge in [0, 0.05) is 42.1 Å². The van der Waals surface area contributed by atoms with Gasteiger partial charge in [-0.3, -0.25) is 4.98 Å². The Morgan fingerprint density at radius 3 is 2.64 bits per heavy atom. The van der Waals surface area contributed by atoms with E-state index in [0.29, 0.717) is 6.04 Å². The predicted octanol–water partition coefficient (Wildman–Crippen LogP) is 3.24. The summed E-state index contributed by atoms with van der Waals surface area (Å²) in [6.45, 7) is 2.09. The lowest BCUT2D eigenvalue weighted by Gasteiger charge is -2.33. The van der Waals surface area contributed by atoms with Gasteiger partial charge < -0.3 is 4.90 Å². The van der Waals surface area contributed by atoms with E-state index in [2.05, 4.69) is 55.4 Å². The molecule has 3 aromatic rings. The average molecular weight is 311 g/mol. The van der Waals surface area contributed by atoms with Crippen LogP contribution in [0.2, 0.25) is 0 Å². The van der Waals surface area contributed by atoms with Gasteiger partial charge >= 0.3 is 0 Å². The van der Waals surface area contributed by atoms with Gasteiger partial charge in [0.15, 0.2) is 0 Å². The first-order chi connectivity index (χ1) is 10.9. The highest BCUT2D eigenvalue weighted by molar-refractivity contribution is 7.08. The average Bonchev–Trinajstić information content (AvgIpc) is 3.27. The van der Waals surface area contributed by atoms with Crippen molar-refractivity contribution in [3.05, 3.63) is 47.5 Å². The van der Waals surface area contributed by atoms with E-state index in [9.17, 15) is 0 Å². The third kappa shape index (κ3) is 2.62. The van der Waals surface area contributed by atoms with E-state index < -0.39 is 0 Å². The lowest BCUT2D eigenvalue weighted by atomic mass is 10.0. The van der Waals surface area contributed by atoms with E-state index >= 15 is 0 Å². The number of hydrogen-bond donors (Lipinski definition) is 0. The number of anilines is 1. The van der Waals surface area contributed by atoms with Crippen LogP contribution >= 0.6 is 11.3 Å². The van der Waals surface area contributed by atoms with Crippen LogP contribution in [0.3, 0.4) is 0 Å². The summed E-state index contributed by atoms with van der Waals surface area (Å²) in [5.41, 5.74) is 3.38. The van der Waals surface area contributed by atoms with Crippen LogP contribution in [0.1, 0.15) is 18.9 Å². The fraction of sp³-hybridized carbons (Fsp3) is 0.312. The van der Waals surface area contributed by atoms with E-state index in [0.717, 1.165) is 37.2 Å². The zero-order chi connectivity index (χ0) is 14.8. The molecule has 1 aliphatic rings. The Kier molecular flexibility index (Phi) is 3.60. The molecule has 4 heterocycles. The Hall–Kier alpha value is -2.21. The summed E-state index contributed by atoms with van der Waals surface area (Å²) in [6.07, 6.45) is 7.97. The molecule has 1 aliphatic heterocycles. The fourth-order valence-corrected chi connectivity index (χ4v) is 3.59. The molecule has 0 unspecified atom stereocenters. The van der Waals surface area contributed by atoms with Gasteiger partial charge in [-0.2, -0.15) is 11.3 Å². The zero-order valence-corrected chi connectivity index (χ0v) is 13.0. The molecule has 1 fully saturated rings. The van der Waals surface area contributed by atoms with Crippen LogP contribution in [0.5, 0.6) is 0 Å². The van der Waals surface area contributed by atoms with E-state index in [1.54, 1.807) is 11.3 Å². The van der Waals surface area contributed by atoms with E-state index in [-0.39, 0.29) is 0 Å². The van der Waals surface area contributed by atoms with Crippen molar-refractivity contribution in [1.82, 2.24) is 20.0 Å². The standard InChI is InChI=1S/C16H17N5S/c1-6-17-7-2-14(1)20-8-3-15(4-9-20)21-11-16(18-19-21)13-5-10-22-12-13/h1-2,5-7,10-12,15H,3-4,8-9H2. The van der Waals surface area contributed by atoms with Crippen molar-refractivity contribution in [2.24, 2.45) is 0 Å². The predicted molar refractivity (Wildman–Crippen MR) is 88.1 cm³/mol. The maximum Gasteiger partial charge on any atom is 0.113 e. The van der Waals surface area contributed by atoms with Crippen LogP contribution < -0.4 is 4.90 Å². The second-order valence-corrected chi connectivity index (χ2v) is 6.30. The van der Waals surface area contributed by atoms with Crippen molar-refractivity contribution in [3.8, 4) is 11.3 Å². The number of pyridine rings is 1. The Labute approximate surface area is 133 Å². The largest absolute Gasteiger partial charge is 0.371 e. The summed E-state index contributed by atoms with van der Waals surface area (Å²) in [7, 11) is 0. The van der Waals surface area contributed by atoms with Crippen molar-refractivity contribution < 1.29 is 0 Å². The molecule has 112 valence electrons. The lowest BCUT2D eigenvalue weighted by molar-refractivity contribution is 0.360. The molecular formula is C16H17N5S. The highest BCUT2D eigenvalue weighted by atomic mass is 32.1. The van der Waals surface area contributed by atoms with Crippen molar-refractivity contribution in [1.29, 1.82) is 0 Å². The molecule has 0 radical (unpaired) electrons. The van der Waals surface area contributed by atoms with Crippen molar-refractivity contribution in [3.63, 3.8) is 0 Å². The van der Waals surface area contributed by atoms with Crippen LogP contribution in [0.15, 0.2) is 47.5 Å². The molecule has 3 aromatic heterocycles. The van der Waals surface area contributed by atoms with Crippen LogP contribution in [0.25, 0.3) is 11.3 Å². The summed E-state index contributed by atoms with van der Waals surface area (Å²) in [6, 6.07) is 6.68. The smallest absolute Gasteiger partial charge is 0.113 e. The van der Waals surface area contributed by atoms with Crippen LogP contribution in [-0.2, 0) is 0 Å². The van der Waals surface area contributed by atoms with Gasteiger partial charge in [0.2, 0.25) is 0 Å². The topological polar surface area (TPSA) is 46.8 Å². The van der Waals surface area contributed by atoms with Gasteiger partial charge in [-0.15, -0.1) is 5.10 Å². The first kappa shape index (κ1) is 13.5. The first-order valence-corrected chi connectivity index (χ1v) is 8.44. The normalized spacial score (nSPS) is 16.1. The zero-order valence-electron chi connectivity index (χ0n) is 12.2. The van der Waals surface area contributed by atoms with Gasteiger partial charge in [-0.05, 0) is 36.4 Å². The molecule has 0 N–H and O–H groups in total. The van der Waals surface area contributed by atoms with E-state index in [4.69, 9.17) is 0 Å². The number of aromatic nitrogens is 4. The second kappa shape index (κ2) is 5.88. The summed E-state index contributed by atoms with van der Waals surface area (Å²) >= 11 is 1.69. The highest BCUT2D eigenvalue weighted by Crippen LogP contribution is 2.27. The molecule has 0 aromatic carbocycles. The Morgan fingerprint density at radius 1 is 1.09 bits per heavy atom. The third-order valence-electron chi connectivity index (χ3n) is 4.19. The molecular weight excluding hydrogens is 294 g/mol. The molecule has 0 spiro atoms. The van der Waals surface area contributed by atoms with Gasteiger partial charge in [-0.1, -0.05) is 5.21 Å². The molecule has 5 nitrogen and oxygen atoms in total. The second-order valence-electron chi connectivity index (χ2n) is 5.52. The first-order valence-electron chi connectivity index (χ1n) is 7.49. The number of rotatable bonds is 3. The number of nitrogens with zero attached hydrogens (tertiary/aromatic N) is 5. The Balaban J connectivity index is 1.44. The summed E-state index contributed by atoms with van der Waals surface area (Å²) in [5.74, 6) is 0. The minimum atomic E-state index is 0.443. The van der Waals surface area contributed by atoms with Gasteiger partial charge in [0.1, 0.15) is 5.69 Å². The van der Waals surface area contributed by atoms with Gasteiger partial charge in [0.05, 0.1) is 12.2 Å². The molecule has 0 bridgehead atoms. The number of thiophene rings is 1. The molecule has 0 atom stereocenters. The summed E-state index contributed by atoms with van der Waals surface area (Å²) < 4.78 is 2.04. The number of piperidine rings is 1. The molecule has 4 rings (SSSR count). The minimum Gasteiger partial charge on any atom is -0.371 e.